The van der Waals surface area contributed by atoms with E-state index >= 15 is 0 Å². The van der Waals surface area contributed by atoms with Crippen molar-refractivity contribution in [3.63, 3.8) is 0 Å². The Bertz CT molecular complexity index is 1250. The molecule has 3 heterocycles. The van der Waals surface area contributed by atoms with Crippen molar-refractivity contribution in [2.24, 2.45) is 4.99 Å². The third-order valence-electron chi connectivity index (χ3n) is 3.73. The molecular weight excluding hydrogens is 384 g/mol. The molecule has 1 aliphatic rings. The molecule has 0 unspecified atom stereocenters. The Morgan fingerprint density at radius 2 is 1.80 bits per heavy atom. The summed E-state index contributed by atoms with van der Waals surface area (Å²) in [7, 11) is 0. The molecule has 0 N–H and O–H groups in total. The number of thiophene rings is 2. The molecule has 1 aromatic carbocycles. The zero-order valence-electron chi connectivity index (χ0n) is 13.1. The monoisotopic (exact) mass is 396 g/mol. The van der Waals surface area contributed by atoms with Crippen LogP contribution in [0.2, 0.25) is 0 Å². The number of nitriles is 1. The Hall–Kier alpha value is -1.78. The molecule has 0 fully saturated rings. The van der Waals surface area contributed by atoms with E-state index in [1.54, 1.807) is 34.9 Å². The minimum atomic E-state index is 0.358. The minimum absolute atomic E-state index is 0.358. The van der Waals surface area contributed by atoms with Crippen molar-refractivity contribution in [3.8, 4) is 6.07 Å². The van der Waals surface area contributed by atoms with Gasteiger partial charge in [-0.3, -0.25) is 4.99 Å². The minimum Gasteiger partial charge on any atom is -0.295 e. The first-order valence-corrected chi connectivity index (χ1v) is 10.9. The normalized spacial score (nSPS) is 16.2. The van der Waals surface area contributed by atoms with E-state index in [1.807, 2.05) is 17.4 Å². The summed E-state index contributed by atoms with van der Waals surface area (Å²) in [6, 6.07) is 15.0. The summed E-state index contributed by atoms with van der Waals surface area (Å²) >= 11 is 7.18. The van der Waals surface area contributed by atoms with Crippen LogP contribution < -0.4 is 9.75 Å². The number of hydrogen-bond acceptors (Lipinski definition) is 6. The SMILES string of the molecule is C=NC/C(C#N)=c1/ccc2c/c(=c3/ccc(=C4SC=CS4)s3)sc2c1. The summed E-state index contributed by atoms with van der Waals surface area (Å²) in [6.45, 7) is 3.84. The van der Waals surface area contributed by atoms with Crippen LogP contribution in [0.5, 0.6) is 0 Å². The molecule has 0 bridgehead atoms. The van der Waals surface area contributed by atoms with Crippen molar-refractivity contribution in [2.45, 2.75) is 0 Å². The van der Waals surface area contributed by atoms with Crippen molar-refractivity contribution in [1.82, 2.24) is 0 Å². The summed E-state index contributed by atoms with van der Waals surface area (Å²) in [4.78, 5) is 3.84. The molecular formula is C19H12N2S4. The lowest BCUT2D eigenvalue weighted by atomic mass is 10.1. The zero-order chi connectivity index (χ0) is 17.2. The van der Waals surface area contributed by atoms with Gasteiger partial charge in [0.25, 0.3) is 0 Å². The van der Waals surface area contributed by atoms with Gasteiger partial charge >= 0.3 is 0 Å². The predicted octanol–water partition coefficient (Wildman–Crippen LogP) is 4.64. The number of thioether (sulfide) groups is 2. The Morgan fingerprint density at radius 3 is 2.56 bits per heavy atom. The van der Waals surface area contributed by atoms with Crippen LogP contribution in [0.1, 0.15) is 0 Å². The number of hydrogen-bond donors (Lipinski definition) is 0. The van der Waals surface area contributed by atoms with Crippen molar-refractivity contribution in [3.05, 3.63) is 66.0 Å². The molecule has 0 spiro atoms. The molecule has 122 valence electrons. The van der Waals surface area contributed by atoms with Crippen molar-refractivity contribution in [1.29, 1.82) is 5.26 Å². The van der Waals surface area contributed by atoms with Gasteiger partial charge in [-0.25, -0.2) is 0 Å². The fraction of sp³-hybridized carbons (Fsp3) is 0.0526. The molecule has 1 aliphatic heterocycles. The first-order valence-electron chi connectivity index (χ1n) is 7.47. The van der Waals surface area contributed by atoms with Crippen LogP contribution in [0.4, 0.5) is 0 Å². The highest BCUT2D eigenvalue weighted by molar-refractivity contribution is 8.34. The van der Waals surface area contributed by atoms with Gasteiger partial charge in [0.05, 0.1) is 22.4 Å². The standard InChI is InChI=1S/C19H12N2S4/c1-21-11-14(10-20)12-2-3-13-9-18(25-17(13)8-12)15-4-5-16(24-15)19-22-6-7-23-19/h2-9H,1,11H2/b14-12-,18-15+. The Labute approximate surface area is 161 Å². The van der Waals surface area contributed by atoms with E-state index in [-0.39, 0.29) is 0 Å². The fourth-order valence-corrected chi connectivity index (χ4v) is 6.72. The number of aliphatic imine (C=N–C) groups is 1. The molecule has 3 aromatic rings. The molecule has 0 atom stereocenters. The zero-order valence-corrected chi connectivity index (χ0v) is 16.3. The first kappa shape index (κ1) is 16.7. The van der Waals surface area contributed by atoms with Crippen LogP contribution in [0.25, 0.3) is 19.9 Å². The number of fused-ring (bicyclic) bond motifs is 1. The maximum absolute atomic E-state index is 9.29. The molecule has 25 heavy (non-hydrogen) atoms. The topological polar surface area (TPSA) is 36.1 Å². The van der Waals surface area contributed by atoms with Gasteiger partial charge in [0.15, 0.2) is 0 Å². The largest absolute Gasteiger partial charge is 0.295 e. The lowest BCUT2D eigenvalue weighted by Crippen LogP contribution is -2.05. The highest BCUT2D eigenvalue weighted by Gasteiger charge is 2.05. The third kappa shape index (κ3) is 3.33. The summed E-state index contributed by atoms with van der Waals surface area (Å²) in [5.74, 6) is 0. The number of benzene rings is 1. The van der Waals surface area contributed by atoms with Crippen molar-refractivity contribution >= 4 is 72.8 Å². The molecule has 2 aromatic heterocycles. The number of rotatable bonds is 2. The Kier molecular flexibility index (Phi) is 4.82. The van der Waals surface area contributed by atoms with E-state index < -0.39 is 0 Å². The maximum Gasteiger partial charge on any atom is 0.0973 e. The summed E-state index contributed by atoms with van der Waals surface area (Å²) < 4.78 is 6.43. The molecule has 2 nitrogen and oxygen atoms in total. The highest BCUT2D eigenvalue weighted by Crippen LogP contribution is 2.38. The first-order chi connectivity index (χ1) is 12.3. The van der Waals surface area contributed by atoms with Gasteiger partial charge in [0, 0.05) is 18.3 Å². The Morgan fingerprint density at radius 1 is 1.00 bits per heavy atom. The average molecular weight is 397 g/mol. The fourth-order valence-electron chi connectivity index (χ4n) is 2.55. The Balaban J connectivity index is 1.92. The van der Waals surface area contributed by atoms with E-state index in [0.717, 1.165) is 5.22 Å². The maximum atomic E-state index is 9.29. The number of nitrogens with zero attached hydrogens (tertiary/aromatic N) is 2. The van der Waals surface area contributed by atoms with Gasteiger partial charge in [-0.1, -0.05) is 35.7 Å². The van der Waals surface area contributed by atoms with Crippen LogP contribution in [-0.4, -0.2) is 13.3 Å². The summed E-state index contributed by atoms with van der Waals surface area (Å²) in [5, 5.41) is 15.7. The quantitative estimate of drug-likeness (QED) is 0.592. The average Bonchev–Trinajstić information content (AvgIpc) is 3.38. The van der Waals surface area contributed by atoms with Crippen LogP contribution in [0, 0.1) is 20.4 Å². The van der Waals surface area contributed by atoms with Gasteiger partial charge in [-0.15, -0.1) is 22.7 Å². The summed E-state index contributed by atoms with van der Waals surface area (Å²) in [6.07, 6.45) is 0. The van der Waals surface area contributed by atoms with E-state index in [2.05, 4.69) is 58.9 Å². The molecule has 0 radical (unpaired) electrons. The second-order valence-electron chi connectivity index (χ2n) is 5.29. The second kappa shape index (κ2) is 7.22. The van der Waals surface area contributed by atoms with Gasteiger partial charge < -0.3 is 0 Å². The molecule has 0 saturated carbocycles. The van der Waals surface area contributed by atoms with E-state index in [9.17, 15) is 5.26 Å². The van der Waals surface area contributed by atoms with Crippen LogP contribution in [-0.2, 0) is 0 Å². The summed E-state index contributed by atoms with van der Waals surface area (Å²) in [5.41, 5.74) is 0.657. The molecule has 0 saturated heterocycles. The van der Waals surface area contributed by atoms with Gasteiger partial charge in [0.1, 0.15) is 0 Å². The van der Waals surface area contributed by atoms with E-state index in [0.29, 0.717) is 12.1 Å². The van der Waals surface area contributed by atoms with Gasteiger partial charge in [-0.2, -0.15) is 5.26 Å². The smallest absolute Gasteiger partial charge is 0.0973 e. The lowest BCUT2D eigenvalue weighted by molar-refractivity contribution is 1.28. The highest BCUT2D eigenvalue weighted by atomic mass is 32.2. The van der Waals surface area contributed by atoms with E-state index in [4.69, 9.17) is 0 Å². The van der Waals surface area contributed by atoms with Crippen LogP contribution >= 0.6 is 46.2 Å². The van der Waals surface area contributed by atoms with Crippen LogP contribution in [0.3, 0.4) is 0 Å². The molecule has 6 heteroatoms. The predicted molar refractivity (Wildman–Crippen MR) is 114 cm³/mol. The molecule has 0 amide bonds. The van der Waals surface area contributed by atoms with Gasteiger partial charge in [0.2, 0.25) is 0 Å². The van der Waals surface area contributed by atoms with Crippen molar-refractivity contribution in [2.75, 3.05) is 6.54 Å². The van der Waals surface area contributed by atoms with Crippen LogP contribution in [0.15, 0.2) is 52.2 Å². The second-order valence-corrected chi connectivity index (χ2v) is 9.55. The van der Waals surface area contributed by atoms with Crippen molar-refractivity contribution < 1.29 is 0 Å². The molecule has 4 rings (SSSR count). The molecule has 0 aliphatic carbocycles. The van der Waals surface area contributed by atoms with E-state index in [1.165, 1.54) is 27.9 Å². The van der Waals surface area contributed by atoms with Gasteiger partial charge in [-0.05, 0) is 52.4 Å². The third-order valence-corrected chi connectivity index (χ3v) is 8.55. The lowest BCUT2D eigenvalue weighted by Gasteiger charge is -1.93.